The Morgan fingerprint density at radius 2 is 1.89 bits per heavy atom. The van der Waals surface area contributed by atoms with Crippen LogP contribution in [0.15, 0.2) is 18.2 Å². The molecule has 0 atom stereocenters. The van der Waals surface area contributed by atoms with E-state index in [2.05, 4.69) is 4.98 Å². The van der Waals surface area contributed by atoms with E-state index >= 15 is 0 Å². The van der Waals surface area contributed by atoms with Gasteiger partial charge in [-0.2, -0.15) is 4.90 Å². The van der Waals surface area contributed by atoms with Crippen LogP contribution < -0.4 is 20.6 Å². The van der Waals surface area contributed by atoms with Crippen molar-refractivity contribution in [1.29, 1.82) is 0 Å². The Labute approximate surface area is 99.1 Å². The molecule has 1 heterocycles. The van der Waals surface area contributed by atoms with Gasteiger partial charge in [-0.3, -0.25) is 10.4 Å². The van der Waals surface area contributed by atoms with Crippen molar-refractivity contribution >= 4 is 5.69 Å². The number of hydrogen-bond donors (Lipinski definition) is 4. The van der Waals surface area contributed by atoms with Gasteiger partial charge in [0.25, 0.3) is 0 Å². The number of rotatable bonds is 1. The third-order valence-electron chi connectivity index (χ3n) is 2.35. The first kappa shape index (κ1) is 11.8. The lowest BCUT2D eigenvalue weighted by atomic mass is 10.1. The summed E-state index contributed by atoms with van der Waals surface area (Å²) in [5, 5.41) is 59.1. The standard InChI is InChI=1S/C9H8N3O6/c13-7-2-1-4-5(11(15)16)3-6(12(17)18)9(14)8(4)10-7/h1-3,10,15-16H,(H2-,13,14,17,18)/q-1/p-1. The zero-order chi connectivity index (χ0) is 13.4. The monoisotopic (exact) mass is 253 g/mol. The molecule has 1 aliphatic carbocycles. The summed E-state index contributed by atoms with van der Waals surface area (Å²) in [4.78, 5) is 1.29. The molecule has 2 aliphatic rings. The molecular formula is C9H7N3O6-2. The van der Waals surface area contributed by atoms with Gasteiger partial charge in [-0.25, -0.2) is 0 Å². The van der Waals surface area contributed by atoms with Crippen molar-refractivity contribution in [3.63, 3.8) is 0 Å². The van der Waals surface area contributed by atoms with E-state index in [9.17, 15) is 20.6 Å². The topological polar surface area (TPSA) is 152 Å². The molecule has 0 unspecified atom stereocenters. The zero-order valence-electron chi connectivity index (χ0n) is 8.69. The number of aromatic nitrogens is 1. The van der Waals surface area contributed by atoms with E-state index in [-0.39, 0.29) is 28.1 Å². The van der Waals surface area contributed by atoms with Crippen LogP contribution in [0.1, 0.15) is 0 Å². The lowest BCUT2D eigenvalue weighted by Gasteiger charge is -2.21. The average molecular weight is 253 g/mol. The molecule has 96 valence electrons. The molecule has 0 saturated carbocycles. The molecule has 0 fully saturated rings. The van der Waals surface area contributed by atoms with Crippen molar-refractivity contribution in [1.82, 2.24) is 9.89 Å². The third-order valence-corrected chi connectivity index (χ3v) is 2.35. The number of nitrogens with one attached hydrogen (secondary N) is 1. The largest absolute Gasteiger partial charge is 0.866 e. The van der Waals surface area contributed by atoms with Gasteiger partial charge in [0, 0.05) is 17.3 Å². The normalized spacial score (nSPS) is 10.6. The highest BCUT2D eigenvalue weighted by Gasteiger charge is 2.17. The molecule has 18 heavy (non-hydrogen) atoms. The first-order valence-corrected chi connectivity index (χ1v) is 4.63. The van der Waals surface area contributed by atoms with Gasteiger partial charge in [0.15, 0.2) is 5.88 Å². The third kappa shape index (κ3) is 1.73. The van der Waals surface area contributed by atoms with E-state index in [4.69, 9.17) is 10.4 Å². The molecule has 2 rings (SSSR count). The summed E-state index contributed by atoms with van der Waals surface area (Å²) in [6.07, 6.45) is 0. The minimum atomic E-state index is -0.962. The number of benzene rings is 1. The molecule has 0 aromatic heterocycles. The molecule has 0 aromatic rings. The predicted molar refractivity (Wildman–Crippen MR) is 56.6 cm³/mol. The summed E-state index contributed by atoms with van der Waals surface area (Å²) in [5.74, 6) is -1.34. The van der Waals surface area contributed by atoms with Gasteiger partial charge in [-0.15, -0.1) is 5.23 Å². The molecular weight excluding hydrogens is 246 g/mol. The van der Waals surface area contributed by atoms with Crippen molar-refractivity contribution in [2.45, 2.75) is 0 Å². The molecule has 1 aliphatic heterocycles. The maximum Gasteiger partial charge on any atom is 0.219 e. The molecule has 0 saturated heterocycles. The summed E-state index contributed by atoms with van der Waals surface area (Å²) in [6, 6.07) is 3.12. The Kier molecular flexibility index (Phi) is 2.61. The Balaban J connectivity index is 2.97. The second-order valence-electron chi connectivity index (χ2n) is 3.42. The van der Waals surface area contributed by atoms with Crippen LogP contribution in [0.4, 0.5) is 5.69 Å². The van der Waals surface area contributed by atoms with Crippen LogP contribution in [0.3, 0.4) is 0 Å². The van der Waals surface area contributed by atoms with Crippen LogP contribution in [-0.2, 0) is 0 Å². The number of aromatic hydroxyl groups is 1. The molecule has 9 nitrogen and oxygen atoms in total. The summed E-state index contributed by atoms with van der Waals surface area (Å²) in [7, 11) is 0. The Morgan fingerprint density at radius 3 is 2.44 bits per heavy atom. The number of nitrogens with zero attached hydrogens (tertiary/aromatic N) is 2. The minimum Gasteiger partial charge on any atom is -0.866 e. The SMILES string of the molecule is [O-]c1c2[nH]c(O)ccc-2c(N(O)O)cc1=[N+]([O-])[O-]. The van der Waals surface area contributed by atoms with Crippen LogP contribution >= 0.6 is 0 Å². The number of hydrogen-bond acceptors (Lipinski definition) is 7. The fourth-order valence-electron chi connectivity index (χ4n) is 1.58. The van der Waals surface area contributed by atoms with Crippen molar-refractivity contribution < 1.29 is 20.6 Å². The van der Waals surface area contributed by atoms with Crippen LogP contribution in [0, 0.1) is 10.4 Å². The second kappa shape index (κ2) is 3.98. The summed E-state index contributed by atoms with van der Waals surface area (Å²) in [6.45, 7) is 0. The fraction of sp³-hybridized carbons (Fsp3) is 0. The predicted octanol–water partition coefficient (Wildman–Crippen LogP) is -0.749. The number of anilines is 1. The quantitative estimate of drug-likeness (QED) is 0.488. The van der Waals surface area contributed by atoms with Crippen LogP contribution in [0.5, 0.6) is 11.6 Å². The average Bonchev–Trinajstić information content (AvgIpc) is 2.29. The first-order valence-electron chi connectivity index (χ1n) is 4.63. The lowest BCUT2D eigenvalue weighted by molar-refractivity contribution is -0.269. The molecule has 9 heteroatoms. The van der Waals surface area contributed by atoms with E-state index in [0.717, 1.165) is 6.07 Å². The molecule has 0 radical (unpaired) electrons. The van der Waals surface area contributed by atoms with Crippen LogP contribution in [0.2, 0.25) is 0 Å². The van der Waals surface area contributed by atoms with Gasteiger partial charge < -0.3 is 25.6 Å². The molecule has 4 N–H and O–H groups in total. The second-order valence-corrected chi connectivity index (χ2v) is 3.42. The summed E-state index contributed by atoms with van der Waals surface area (Å²) < 4.78 is 0. The van der Waals surface area contributed by atoms with Crippen LogP contribution in [-0.4, -0.2) is 20.5 Å². The number of fused-ring (bicyclic) bond motifs is 1. The fourth-order valence-corrected chi connectivity index (χ4v) is 1.58. The number of H-pyrrole nitrogens is 1. The summed E-state index contributed by atoms with van der Waals surface area (Å²) in [5.41, 5.74) is -0.631. The molecule has 0 amide bonds. The van der Waals surface area contributed by atoms with Crippen molar-refractivity contribution in [2.75, 3.05) is 5.23 Å². The van der Waals surface area contributed by atoms with Gasteiger partial charge in [0.1, 0.15) is 5.69 Å². The van der Waals surface area contributed by atoms with Crippen LogP contribution in [0.25, 0.3) is 11.3 Å². The maximum absolute atomic E-state index is 11.7. The first-order chi connectivity index (χ1) is 8.41. The van der Waals surface area contributed by atoms with E-state index < -0.39 is 16.0 Å². The molecule has 0 bridgehead atoms. The molecule has 0 spiro atoms. The Morgan fingerprint density at radius 1 is 1.22 bits per heavy atom. The maximum atomic E-state index is 11.7. The minimum absolute atomic E-state index is 0.0217. The van der Waals surface area contributed by atoms with Crippen molar-refractivity contribution in [3.05, 3.63) is 34.0 Å². The number of pyridine rings is 1. The van der Waals surface area contributed by atoms with E-state index in [1.54, 1.807) is 0 Å². The highest BCUT2D eigenvalue weighted by atomic mass is 16.8. The van der Waals surface area contributed by atoms with E-state index in [1.807, 2.05) is 0 Å². The van der Waals surface area contributed by atoms with Crippen molar-refractivity contribution in [3.8, 4) is 22.9 Å². The highest BCUT2D eigenvalue weighted by molar-refractivity contribution is 5.80. The van der Waals surface area contributed by atoms with Gasteiger partial charge in [0.2, 0.25) is 5.36 Å². The van der Waals surface area contributed by atoms with E-state index in [0.29, 0.717) is 0 Å². The van der Waals surface area contributed by atoms with Gasteiger partial charge in [-0.1, -0.05) is 0 Å². The zero-order valence-corrected chi connectivity index (χ0v) is 8.69. The Bertz CT molecular complexity index is 631. The van der Waals surface area contributed by atoms with Crippen molar-refractivity contribution in [2.24, 2.45) is 0 Å². The van der Waals surface area contributed by atoms with Gasteiger partial charge in [-0.05, 0) is 17.9 Å². The van der Waals surface area contributed by atoms with Gasteiger partial charge in [0.05, 0.1) is 0 Å². The lowest BCUT2D eigenvalue weighted by Crippen LogP contribution is -2.26. The molecule has 0 aromatic carbocycles. The number of aromatic amines is 1. The summed E-state index contributed by atoms with van der Waals surface area (Å²) >= 11 is 0. The smallest absolute Gasteiger partial charge is 0.219 e. The highest BCUT2D eigenvalue weighted by Crippen LogP contribution is 2.33. The Hall–Kier alpha value is -2.65. The van der Waals surface area contributed by atoms with Gasteiger partial charge >= 0.3 is 0 Å². The van der Waals surface area contributed by atoms with E-state index in [1.165, 1.54) is 12.1 Å².